The molecule has 0 aliphatic heterocycles. The molecule has 0 unspecified atom stereocenters. The molecule has 274 valence electrons. The Bertz CT molecular complexity index is 1750. The zero-order valence-corrected chi connectivity index (χ0v) is 31.0. The number of ether oxygens (including phenoxy) is 2. The molecule has 2 saturated carbocycles. The van der Waals surface area contributed by atoms with Crippen molar-refractivity contribution in [3.05, 3.63) is 130 Å². The molecular weight excluding hydrogens is 674 g/mol. The summed E-state index contributed by atoms with van der Waals surface area (Å²) in [6.07, 6.45) is 13.4. The maximum Gasteiger partial charge on any atom is 0.338 e. The SMILES string of the molecule is COC(=O)c1ccc(CNc2ccc(C3CCCCC3)cc2)cc1.COC(=O)c1ccc(CNc2ccc(C3CCCCC3)cc2)cc1C(=O)NCl. The molecule has 0 aromatic heterocycles. The van der Waals surface area contributed by atoms with Crippen molar-refractivity contribution in [1.82, 2.24) is 4.84 Å². The van der Waals surface area contributed by atoms with Crippen molar-refractivity contribution in [2.24, 2.45) is 0 Å². The number of hydrogen-bond donors (Lipinski definition) is 3. The van der Waals surface area contributed by atoms with E-state index in [4.69, 9.17) is 21.3 Å². The largest absolute Gasteiger partial charge is 0.465 e. The van der Waals surface area contributed by atoms with Gasteiger partial charge in [0.2, 0.25) is 0 Å². The van der Waals surface area contributed by atoms with E-state index in [2.05, 4.69) is 59.2 Å². The zero-order chi connectivity index (χ0) is 36.7. The van der Waals surface area contributed by atoms with Crippen molar-refractivity contribution >= 4 is 41.0 Å². The van der Waals surface area contributed by atoms with Crippen molar-refractivity contribution in [2.75, 3.05) is 24.9 Å². The topological polar surface area (TPSA) is 106 Å². The molecule has 0 atom stereocenters. The van der Waals surface area contributed by atoms with Gasteiger partial charge in [-0.2, -0.15) is 0 Å². The van der Waals surface area contributed by atoms with Crippen LogP contribution in [-0.2, 0) is 22.6 Å². The standard InChI is InChI=1S/C22H25ClN2O3.C21H25NO2/c1-28-22(27)19-12-7-15(13-20(19)21(26)25-23)14-24-18-10-8-17(9-11-18)16-5-3-2-4-6-16;1-24-21(23)19-9-7-16(8-10-19)15-22-20-13-11-18(12-14-20)17-5-3-2-4-6-17/h7-13,16,24H,2-6,14H2,1H3,(H,25,26);7-14,17,22H,2-6,15H2,1H3. The van der Waals surface area contributed by atoms with Gasteiger partial charge in [0.25, 0.3) is 5.91 Å². The quantitative estimate of drug-likeness (QED) is 0.104. The van der Waals surface area contributed by atoms with E-state index >= 15 is 0 Å². The summed E-state index contributed by atoms with van der Waals surface area (Å²) in [5.41, 5.74) is 7.98. The number of rotatable bonds is 11. The fourth-order valence-corrected chi connectivity index (χ4v) is 7.23. The van der Waals surface area contributed by atoms with Gasteiger partial charge in [-0.25, -0.2) is 9.59 Å². The van der Waals surface area contributed by atoms with Crippen LogP contribution in [0.1, 0.15) is 129 Å². The van der Waals surface area contributed by atoms with Crippen LogP contribution >= 0.6 is 11.8 Å². The highest BCUT2D eigenvalue weighted by molar-refractivity contribution is 6.25. The first-order valence-electron chi connectivity index (χ1n) is 18.4. The number of methoxy groups -OCH3 is 2. The van der Waals surface area contributed by atoms with Crippen LogP contribution in [0.25, 0.3) is 0 Å². The van der Waals surface area contributed by atoms with Gasteiger partial charge in [0.1, 0.15) is 0 Å². The monoisotopic (exact) mass is 723 g/mol. The van der Waals surface area contributed by atoms with E-state index in [-0.39, 0.29) is 17.1 Å². The minimum Gasteiger partial charge on any atom is -0.465 e. The molecule has 0 bridgehead atoms. The maximum atomic E-state index is 12.0. The summed E-state index contributed by atoms with van der Waals surface area (Å²) in [4.78, 5) is 37.3. The molecule has 0 saturated heterocycles. The minimum atomic E-state index is -0.576. The fraction of sp³-hybridized carbons (Fsp3) is 0.372. The van der Waals surface area contributed by atoms with Crippen LogP contribution < -0.4 is 15.5 Å². The summed E-state index contributed by atoms with van der Waals surface area (Å²) >= 11 is 5.44. The summed E-state index contributed by atoms with van der Waals surface area (Å²) in [7, 11) is 2.67. The van der Waals surface area contributed by atoms with Crippen molar-refractivity contribution < 1.29 is 23.9 Å². The van der Waals surface area contributed by atoms with Crippen molar-refractivity contribution in [3.63, 3.8) is 0 Å². The lowest BCUT2D eigenvalue weighted by Crippen LogP contribution is -2.18. The molecule has 9 heteroatoms. The number of benzene rings is 4. The number of esters is 2. The van der Waals surface area contributed by atoms with Crippen LogP contribution in [0.2, 0.25) is 0 Å². The number of nitrogens with one attached hydrogen (secondary N) is 3. The van der Waals surface area contributed by atoms with Gasteiger partial charge in [0, 0.05) is 36.2 Å². The molecule has 4 aromatic rings. The highest BCUT2D eigenvalue weighted by atomic mass is 35.5. The van der Waals surface area contributed by atoms with Crippen LogP contribution in [-0.4, -0.2) is 32.1 Å². The average Bonchev–Trinajstić information content (AvgIpc) is 3.22. The van der Waals surface area contributed by atoms with Crippen LogP contribution in [0.3, 0.4) is 0 Å². The first-order valence-corrected chi connectivity index (χ1v) is 18.7. The van der Waals surface area contributed by atoms with Crippen LogP contribution in [0.15, 0.2) is 91.0 Å². The van der Waals surface area contributed by atoms with E-state index in [1.807, 2.05) is 17.0 Å². The lowest BCUT2D eigenvalue weighted by molar-refractivity contribution is 0.0590. The molecule has 2 fully saturated rings. The molecule has 3 N–H and O–H groups in total. The van der Waals surface area contributed by atoms with Gasteiger partial charge >= 0.3 is 11.9 Å². The normalized spacial score (nSPS) is 14.7. The Morgan fingerprint density at radius 2 is 1.04 bits per heavy atom. The first-order chi connectivity index (χ1) is 25.4. The van der Waals surface area contributed by atoms with Gasteiger partial charge in [-0.1, -0.05) is 81.0 Å². The number of anilines is 2. The predicted octanol–water partition coefficient (Wildman–Crippen LogP) is 10.1. The minimum absolute atomic E-state index is 0.182. The molecule has 4 aromatic carbocycles. The van der Waals surface area contributed by atoms with Crippen LogP contribution in [0.5, 0.6) is 0 Å². The molecule has 0 spiro atoms. The fourth-order valence-electron chi connectivity index (χ4n) is 7.13. The molecule has 6 rings (SSSR count). The van der Waals surface area contributed by atoms with Gasteiger partial charge in [0.15, 0.2) is 0 Å². The molecule has 0 radical (unpaired) electrons. The van der Waals surface area contributed by atoms with E-state index < -0.39 is 11.9 Å². The first kappa shape index (κ1) is 38.4. The average molecular weight is 724 g/mol. The Hall–Kier alpha value is -4.82. The maximum absolute atomic E-state index is 12.0. The van der Waals surface area contributed by atoms with Gasteiger partial charge in [-0.05, 0) is 108 Å². The zero-order valence-electron chi connectivity index (χ0n) is 30.2. The van der Waals surface area contributed by atoms with E-state index in [0.717, 1.165) is 35.0 Å². The van der Waals surface area contributed by atoms with E-state index in [1.54, 1.807) is 30.3 Å². The third-order valence-corrected chi connectivity index (χ3v) is 10.3. The van der Waals surface area contributed by atoms with E-state index in [9.17, 15) is 14.4 Å². The Balaban J connectivity index is 0.000000203. The van der Waals surface area contributed by atoms with Gasteiger partial charge < -0.3 is 20.1 Å². The Morgan fingerprint density at radius 1 is 0.577 bits per heavy atom. The van der Waals surface area contributed by atoms with E-state index in [1.165, 1.54) is 89.6 Å². The second-order valence-corrected chi connectivity index (χ2v) is 13.8. The second-order valence-electron chi connectivity index (χ2n) is 13.6. The Labute approximate surface area is 312 Å². The smallest absolute Gasteiger partial charge is 0.338 e. The third kappa shape index (κ3) is 10.8. The Kier molecular flexibility index (Phi) is 14.5. The van der Waals surface area contributed by atoms with Crippen molar-refractivity contribution in [2.45, 2.75) is 89.1 Å². The Morgan fingerprint density at radius 3 is 1.50 bits per heavy atom. The summed E-state index contributed by atoms with van der Waals surface area (Å²) in [6, 6.07) is 30.0. The highest BCUT2D eigenvalue weighted by Gasteiger charge is 2.19. The number of hydrogen-bond acceptors (Lipinski definition) is 7. The molecular formula is C43H50ClN3O5. The predicted molar refractivity (Wildman–Crippen MR) is 208 cm³/mol. The number of halogens is 1. The molecule has 2 aliphatic carbocycles. The van der Waals surface area contributed by atoms with Crippen LogP contribution in [0.4, 0.5) is 11.4 Å². The molecule has 2 aliphatic rings. The van der Waals surface area contributed by atoms with Gasteiger partial charge in [-0.15, -0.1) is 0 Å². The number of carbonyl (C=O) groups is 3. The van der Waals surface area contributed by atoms with Gasteiger partial charge in [-0.3, -0.25) is 9.63 Å². The molecule has 8 nitrogen and oxygen atoms in total. The lowest BCUT2D eigenvalue weighted by atomic mass is 9.84. The van der Waals surface area contributed by atoms with Gasteiger partial charge in [0.05, 0.1) is 30.9 Å². The second kappa shape index (κ2) is 19.7. The van der Waals surface area contributed by atoms with Crippen LogP contribution in [0, 0.1) is 0 Å². The van der Waals surface area contributed by atoms with Crippen molar-refractivity contribution in [1.29, 1.82) is 0 Å². The number of carbonyl (C=O) groups excluding carboxylic acids is 3. The summed E-state index contributed by atoms with van der Waals surface area (Å²) in [5, 5.41) is 6.79. The van der Waals surface area contributed by atoms with E-state index in [0.29, 0.717) is 18.0 Å². The lowest BCUT2D eigenvalue weighted by Gasteiger charge is -2.22. The summed E-state index contributed by atoms with van der Waals surface area (Å²) < 4.78 is 9.44. The molecule has 0 heterocycles. The summed E-state index contributed by atoms with van der Waals surface area (Å²) in [6.45, 7) is 1.26. The van der Waals surface area contributed by atoms with Crippen molar-refractivity contribution in [3.8, 4) is 0 Å². The molecule has 52 heavy (non-hydrogen) atoms. The third-order valence-electron chi connectivity index (χ3n) is 10.2. The molecule has 1 amide bonds. The summed E-state index contributed by atoms with van der Waals surface area (Å²) in [5.74, 6) is 0.0191. The number of amides is 1. The highest BCUT2D eigenvalue weighted by Crippen LogP contribution is 2.34.